The molecule has 0 aliphatic rings. The van der Waals surface area contributed by atoms with E-state index in [4.69, 9.17) is 13.8 Å². The molecule has 0 saturated carbocycles. The Morgan fingerprint density at radius 2 is 0.782 bits per heavy atom. The number of hydrogen-bond acceptors (Lipinski definition) is 6. The Labute approximate surface area is 485 Å². The molecular formula is C68H132N2O7P+. The molecule has 0 aliphatic carbocycles. The summed E-state index contributed by atoms with van der Waals surface area (Å²) in [5.41, 5.74) is 0. The van der Waals surface area contributed by atoms with Crippen LogP contribution in [0.3, 0.4) is 0 Å². The minimum absolute atomic E-state index is 0.0436. The first-order valence-corrected chi connectivity index (χ1v) is 35.3. The molecule has 0 bridgehead atoms. The van der Waals surface area contributed by atoms with E-state index in [1.807, 2.05) is 33.3 Å². The zero-order valence-electron chi connectivity index (χ0n) is 52.7. The van der Waals surface area contributed by atoms with Crippen LogP contribution >= 0.6 is 7.82 Å². The normalized spacial score (nSPS) is 13.8. The number of likely N-dealkylation sites (N-methyl/N-ethyl adjacent to an activating group) is 1. The second kappa shape index (κ2) is 58.4. The molecular weight excluding hydrogens is 988 g/mol. The van der Waals surface area contributed by atoms with Crippen LogP contribution in [0.4, 0.5) is 0 Å². The summed E-state index contributed by atoms with van der Waals surface area (Å²) in [7, 11) is 1.51. The number of phosphoric acid groups is 1. The zero-order valence-corrected chi connectivity index (χ0v) is 53.6. The lowest BCUT2D eigenvalue weighted by atomic mass is 10.0. The Hall–Kier alpha value is -1.77. The van der Waals surface area contributed by atoms with Crippen molar-refractivity contribution in [3.8, 4) is 0 Å². The fourth-order valence-electron chi connectivity index (χ4n) is 10.1. The van der Waals surface area contributed by atoms with E-state index in [0.29, 0.717) is 23.9 Å². The van der Waals surface area contributed by atoms with Gasteiger partial charge in [0.1, 0.15) is 19.3 Å². The Balaban J connectivity index is 4.94. The summed E-state index contributed by atoms with van der Waals surface area (Å²) in [6.45, 7) is 7.03. The molecule has 9 nitrogen and oxygen atoms in total. The van der Waals surface area contributed by atoms with E-state index < -0.39 is 20.0 Å². The molecule has 1 amide bonds. The number of unbranched alkanes of at least 4 members (excludes halogenated alkanes) is 42. The van der Waals surface area contributed by atoms with Crippen LogP contribution < -0.4 is 5.32 Å². The van der Waals surface area contributed by atoms with Gasteiger partial charge in [0, 0.05) is 12.8 Å². The first-order valence-electron chi connectivity index (χ1n) is 33.8. The van der Waals surface area contributed by atoms with Crippen LogP contribution in [0.5, 0.6) is 0 Å². The summed E-state index contributed by atoms with van der Waals surface area (Å²) in [6.07, 6.45) is 71.6. The van der Waals surface area contributed by atoms with Crippen molar-refractivity contribution in [1.29, 1.82) is 0 Å². The standard InChI is InChI=1S/C68H131N2O7P/c1-7-10-13-16-19-22-25-27-29-30-31-32-33-34-35-36-37-38-39-40-41-42-45-48-51-54-57-60-67(71)69-65(64-76-78(73,74)75-63-62-70(4,5)6)66(59-56-53-50-47-44-24-21-18-15-12-9-3)77-68(72)61-58-55-52-49-46-43-28-26-23-20-17-14-11-8-2/h19,22,27,29,56,59,65-66H,7-18,20-21,23-26,28,30-55,57-58,60-64H2,1-6H3,(H-,69,71,73,74)/p+1/b22-19-,29-27-,59-56-. The second-order valence-electron chi connectivity index (χ2n) is 24.4. The molecule has 3 unspecified atom stereocenters. The Bertz CT molecular complexity index is 1430. The van der Waals surface area contributed by atoms with Gasteiger partial charge in [0.25, 0.3) is 0 Å². The Kier molecular flexibility index (Phi) is 57.1. The predicted molar refractivity (Wildman–Crippen MR) is 337 cm³/mol. The third-order valence-electron chi connectivity index (χ3n) is 15.3. The van der Waals surface area contributed by atoms with Gasteiger partial charge in [0.15, 0.2) is 0 Å². The molecule has 3 atom stereocenters. The van der Waals surface area contributed by atoms with Crippen molar-refractivity contribution in [1.82, 2.24) is 5.32 Å². The fourth-order valence-corrected chi connectivity index (χ4v) is 10.8. The maximum atomic E-state index is 13.6. The van der Waals surface area contributed by atoms with Gasteiger partial charge >= 0.3 is 13.8 Å². The van der Waals surface area contributed by atoms with Crippen molar-refractivity contribution in [3.63, 3.8) is 0 Å². The fraction of sp³-hybridized carbons (Fsp3) is 0.882. The van der Waals surface area contributed by atoms with Gasteiger partial charge < -0.3 is 19.4 Å². The number of hydrogen-bond donors (Lipinski definition) is 2. The van der Waals surface area contributed by atoms with Crippen LogP contribution in [0.15, 0.2) is 36.5 Å². The SMILES string of the molecule is CCCCC/C=C\C/C=C\CCCCCCCCCCCCCCCCCCCC(=O)NC(COP(=O)(O)OCC[N+](C)(C)C)C(/C=C\CCCCCCCCCCC)OC(=O)CCCCCCCCCCCCCCCC. The van der Waals surface area contributed by atoms with Gasteiger partial charge in [0.05, 0.1) is 33.8 Å². The summed E-state index contributed by atoms with van der Waals surface area (Å²) >= 11 is 0. The largest absolute Gasteiger partial charge is 0.472 e. The summed E-state index contributed by atoms with van der Waals surface area (Å²) in [5.74, 6) is -0.488. The van der Waals surface area contributed by atoms with E-state index in [0.717, 1.165) is 64.2 Å². The number of rotatable bonds is 62. The van der Waals surface area contributed by atoms with E-state index in [-0.39, 0.29) is 25.1 Å². The van der Waals surface area contributed by atoms with Crippen molar-refractivity contribution >= 4 is 19.7 Å². The lowest BCUT2D eigenvalue weighted by Gasteiger charge is -2.27. The molecule has 460 valence electrons. The Morgan fingerprint density at radius 3 is 1.18 bits per heavy atom. The predicted octanol–water partition coefficient (Wildman–Crippen LogP) is 21.1. The van der Waals surface area contributed by atoms with Gasteiger partial charge in [-0.1, -0.05) is 295 Å². The van der Waals surface area contributed by atoms with E-state index in [1.54, 1.807) is 0 Å². The van der Waals surface area contributed by atoms with Crippen molar-refractivity contribution in [2.75, 3.05) is 40.9 Å². The number of amides is 1. The second-order valence-corrected chi connectivity index (χ2v) is 25.8. The maximum Gasteiger partial charge on any atom is 0.472 e. The van der Waals surface area contributed by atoms with Gasteiger partial charge in [-0.2, -0.15) is 0 Å². The number of quaternary nitrogens is 1. The molecule has 0 fully saturated rings. The molecule has 0 saturated heterocycles. The molecule has 0 rings (SSSR count). The minimum Gasteiger partial charge on any atom is -0.456 e. The lowest BCUT2D eigenvalue weighted by molar-refractivity contribution is -0.870. The maximum absolute atomic E-state index is 13.6. The number of ether oxygens (including phenoxy) is 1. The summed E-state index contributed by atoms with van der Waals surface area (Å²) < 4.78 is 30.7. The number of allylic oxidation sites excluding steroid dienone is 5. The highest BCUT2D eigenvalue weighted by Gasteiger charge is 2.30. The van der Waals surface area contributed by atoms with Gasteiger partial charge in [0.2, 0.25) is 5.91 Å². The topological polar surface area (TPSA) is 111 Å². The number of phosphoric ester groups is 1. The zero-order chi connectivity index (χ0) is 57.2. The molecule has 0 spiro atoms. The van der Waals surface area contributed by atoms with Crippen LogP contribution in [-0.4, -0.2) is 74.3 Å². The third-order valence-corrected chi connectivity index (χ3v) is 16.3. The van der Waals surface area contributed by atoms with Gasteiger partial charge in [-0.3, -0.25) is 18.6 Å². The lowest BCUT2D eigenvalue weighted by Crippen LogP contribution is -2.47. The average Bonchev–Trinajstić information content (AvgIpc) is 3.41. The number of carbonyl (C=O) groups excluding carboxylic acids is 2. The quantitative estimate of drug-likeness (QED) is 0.0205. The van der Waals surface area contributed by atoms with E-state index in [2.05, 4.69) is 50.4 Å². The molecule has 0 aromatic heterocycles. The molecule has 0 radical (unpaired) electrons. The van der Waals surface area contributed by atoms with Crippen molar-refractivity contribution in [2.24, 2.45) is 0 Å². The molecule has 0 aromatic rings. The highest BCUT2D eigenvalue weighted by atomic mass is 31.2. The summed E-state index contributed by atoms with van der Waals surface area (Å²) in [4.78, 5) is 37.7. The van der Waals surface area contributed by atoms with Gasteiger partial charge in [-0.15, -0.1) is 0 Å². The van der Waals surface area contributed by atoms with Gasteiger partial charge in [-0.05, 0) is 63.9 Å². The van der Waals surface area contributed by atoms with E-state index in [9.17, 15) is 19.0 Å². The first-order chi connectivity index (χ1) is 37.9. The third kappa shape index (κ3) is 58.9. The highest BCUT2D eigenvalue weighted by Crippen LogP contribution is 2.43. The van der Waals surface area contributed by atoms with Crippen LogP contribution in [0.1, 0.15) is 335 Å². The molecule has 78 heavy (non-hydrogen) atoms. The molecule has 2 N–H and O–H groups in total. The molecule has 0 aliphatic heterocycles. The molecule has 0 aromatic carbocycles. The van der Waals surface area contributed by atoms with Gasteiger partial charge in [-0.25, -0.2) is 4.57 Å². The number of esters is 1. The van der Waals surface area contributed by atoms with Crippen molar-refractivity contribution in [3.05, 3.63) is 36.5 Å². The summed E-state index contributed by atoms with van der Waals surface area (Å²) in [6, 6.07) is -0.843. The van der Waals surface area contributed by atoms with Crippen molar-refractivity contribution in [2.45, 2.75) is 348 Å². The van der Waals surface area contributed by atoms with E-state index in [1.165, 1.54) is 238 Å². The van der Waals surface area contributed by atoms with Crippen LogP contribution in [0.25, 0.3) is 0 Å². The smallest absolute Gasteiger partial charge is 0.456 e. The Morgan fingerprint density at radius 1 is 0.449 bits per heavy atom. The molecule has 0 heterocycles. The number of carbonyl (C=O) groups is 2. The van der Waals surface area contributed by atoms with Crippen molar-refractivity contribution < 1.29 is 37.3 Å². The average molecular weight is 1120 g/mol. The highest BCUT2D eigenvalue weighted by molar-refractivity contribution is 7.47. The minimum atomic E-state index is -4.44. The summed E-state index contributed by atoms with van der Waals surface area (Å²) in [5, 5.41) is 3.07. The van der Waals surface area contributed by atoms with Crippen LogP contribution in [0, 0.1) is 0 Å². The van der Waals surface area contributed by atoms with E-state index >= 15 is 0 Å². The van der Waals surface area contributed by atoms with Crippen LogP contribution in [-0.2, 0) is 27.9 Å². The number of nitrogens with one attached hydrogen (secondary N) is 1. The number of nitrogens with zero attached hydrogens (tertiary/aromatic N) is 1. The first kappa shape index (κ1) is 76.2. The monoisotopic (exact) mass is 1120 g/mol. The molecule has 10 heteroatoms. The van der Waals surface area contributed by atoms with Crippen LogP contribution in [0.2, 0.25) is 0 Å².